The van der Waals surface area contributed by atoms with Crippen LogP contribution in [0.4, 0.5) is 0 Å². The molecule has 0 saturated carbocycles. The molecule has 1 aliphatic heterocycles. The number of fused-ring (bicyclic) bond motifs is 1. The van der Waals surface area contributed by atoms with Gasteiger partial charge in [0.15, 0.2) is 0 Å². The van der Waals surface area contributed by atoms with E-state index in [0.29, 0.717) is 6.54 Å². The lowest BCUT2D eigenvalue weighted by Crippen LogP contribution is -2.47. The Kier molecular flexibility index (Phi) is 4.96. The summed E-state index contributed by atoms with van der Waals surface area (Å²) in [5.74, 6) is -0.139. The van der Waals surface area contributed by atoms with Crippen LogP contribution in [0.15, 0.2) is 24.3 Å². The number of hydrogen-bond donors (Lipinski definition) is 2. The van der Waals surface area contributed by atoms with Crippen molar-refractivity contribution in [1.29, 1.82) is 0 Å². The number of piperidine rings is 1. The van der Waals surface area contributed by atoms with E-state index in [-0.39, 0.29) is 23.8 Å². The Hall–Kier alpha value is -1.88. The van der Waals surface area contributed by atoms with Gasteiger partial charge in [-0.25, -0.2) is 0 Å². The number of nitrogens with one attached hydrogen (secondary N) is 1. The first-order valence-electron chi connectivity index (χ1n) is 8.52. The van der Waals surface area contributed by atoms with Crippen LogP contribution in [0.25, 0.3) is 0 Å². The molecule has 3 N–H and O–H groups in total. The van der Waals surface area contributed by atoms with Crippen LogP contribution in [0.1, 0.15) is 42.7 Å². The minimum atomic E-state index is -0.286. The van der Waals surface area contributed by atoms with Gasteiger partial charge in [0.1, 0.15) is 0 Å². The standard InChI is InChI=1S/C18H25N3O2/c19-17(22)12-21-10-8-14(9-11-21)20-18(23)16-7-3-5-13-4-1-2-6-15(13)16/h1-2,4,6,14,16H,3,5,7-12H2,(H2,19,22)(H,20,23)/t16-/m1/s1. The lowest BCUT2D eigenvalue weighted by molar-refractivity contribution is -0.124. The van der Waals surface area contributed by atoms with Crippen molar-refractivity contribution in [3.63, 3.8) is 0 Å². The molecule has 0 unspecified atom stereocenters. The molecule has 2 aliphatic rings. The van der Waals surface area contributed by atoms with Gasteiger partial charge >= 0.3 is 0 Å². The molecule has 0 spiro atoms. The Balaban J connectivity index is 1.56. The van der Waals surface area contributed by atoms with Crippen molar-refractivity contribution in [3.8, 4) is 0 Å². The van der Waals surface area contributed by atoms with Crippen LogP contribution < -0.4 is 11.1 Å². The summed E-state index contributed by atoms with van der Waals surface area (Å²) in [6.07, 6.45) is 4.85. The molecule has 0 radical (unpaired) electrons. The van der Waals surface area contributed by atoms with Gasteiger partial charge in [0.2, 0.25) is 11.8 Å². The number of carbonyl (C=O) groups excluding carboxylic acids is 2. The van der Waals surface area contributed by atoms with Crippen LogP contribution in [0.5, 0.6) is 0 Å². The number of benzene rings is 1. The van der Waals surface area contributed by atoms with Crippen LogP contribution in [0.3, 0.4) is 0 Å². The number of rotatable bonds is 4. The zero-order chi connectivity index (χ0) is 16.2. The molecule has 5 nitrogen and oxygen atoms in total. The summed E-state index contributed by atoms with van der Waals surface area (Å²) >= 11 is 0. The summed E-state index contributed by atoms with van der Waals surface area (Å²) in [4.78, 5) is 25.7. The first-order chi connectivity index (χ1) is 11.1. The molecule has 1 fully saturated rings. The average molecular weight is 315 g/mol. The lowest BCUT2D eigenvalue weighted by Gasteiger charge is -2.33. The van der Waals surface area contributed by atoms with Crippen molar-refractivity contribution < 1.29 is 9.59 Å². The lowest BCUT2D eigenvalue weighted by atomic mass is 9.82. The number of hydrogen-bond acceptors (Lipinski definition) is 3. The van der Waals surface area contributed by atoms with Gasteiger partial charge in [-0.2, -0.15) is 0 Å². The van der Waals surface area contributed by atoms with Crippen LogP contribution in [-0.2, 0) is 16.0 Å². The average Bonchev–Trinajstić information content (AvgIpc) is 2.55. The fourth-order valence-corrected chi connectivity index (χ4v) is 3.78. The third-order valence-corrected chi connectivity index (χ3v) is 5.00. The molecule has 1 heterocycles. The molecule has 23 heavy (non-hydrogen) atoms. The van der Waals surface area contributed by atoms with Gasteiger partial charge in [-0.05, 0) is 43.2 Å². The minimum Gasteiger partial charge on any atom is -0.369 e. The third kappa shape index (κ3) is 3.91. The van der Waals surface area contributed by atoms with Gasteiger partial charge < -0.3 is 11.1 Å². The fraction of sp³-hybridized carbons (Fsp3) is 0.556. The SMILES string of the molecule is NC(=O)CN1CCC(NC(=O)[C@@H]2CCCc3ccccc32)CC1. The second kappa shape index (κ2) is 7.13. The monoisotopic (exact) mass is 315 g/mol. The molecule has 3 rings (SSSR count). The summed E-state index contributed by atoms with van der Waals surface area (Å²) in [6, 6.07) is 8.51. The van der Waals surface area contributed by atoms with Crippen molar-refractivity contribution in [2.45, 2.75) is 44.1 Å². The molecule has 1 aromatic rings. The van der Waals surface area contributed by atoms with Gasteiger partial charge in [-0.3, -0.25) is 14.5 Å². The van der Waals surface area contributed by atoms with E-state index < -0.39 is 0 Å². The Morgan fingerprint density at radius 1 is 1.17 bits per heavy atom. The molecule has 1 saturated heterocycles. The summed E-state index contributed by atoms with van der Waals surface area (Å²) in [5.41, 5.74) is 7.74. The van der Waals surface area contributed by atoms with Crippen molar-refractivity contribution in [2.24, 2.45) is 5.73 Å². The highest BCUT2D eigenvalue weighted by Gasteiger charge is 2.29. The smallest absolute Gasteiger partial charge is 0.231 e. The molecule has 124 valence electrons. The van der Waals surface area contributed by atoms with E-state index in [1.807, 2.05) is 12.1 Å². The Labute approximate surface area is 137 Å². The van der Waals surface area contributed by atoms with Gasteiger partial charge in [0, 0.05) is 19.1 Å². The maximum atomic E-state index is 12.7. The molecule has 1 aliphatic carbocycles. The van der Waals surface area contributed by atoms with E-state index in [9.17, 15) is 9.59 Å². The zero-order valence-electron chi connectivity index (χ0n) is 13.5. The molecule has 0 aromatic heterocycles. The topological polar surface area (TPSA) is 75.4 Å². The van der Waals surface area contributed by atoms with Crippen LogP contribution in [0.2, 0.25) is 0 Å². The molecular formula is C18H25N3O2. The number of nitrogens with two attached hydrogens (primary N) is 1. The van der Waals surface area contributed by atoms with Crippen LogP contribution in [0, 0.1) is 0 Å². The van der Waals surface area contributed by atoms with Crippen LogP contribution >= 0.6 is 0 Å². The molecule has 2 amide bonds. The highest BCUT2D eigenvalue weighted by atomic mass is 16.2. The maximum absolute atomic E-state index is 12.7. The second-order valence-electron chi connectivity index (χ2n) is 6.67. The number of primary amides is 1. The minimum absolute atomic E-state index is 0.0106. The van der Waals surface area contributed by atoms with Gasteiger partial charge in [0.05, 0.1) is 12.5 Å². The number of likely N-dealkylation sites (tertiary alicyclic amines) is 1. The van der Waals surface area contributed by atoms with E-state index in [1.54, 1.807) is 0 Å². The van der Waals surface area contributed by atoms with E-state index >= 15 is 0 Å². The van der Waals surface area contributed by atoms with E-state index in [0.717, 1.165) is 45.2 Å². The molecule has 5 heteroatoms. The van der Waals surface area contributed by atoms with Crippen molar-refractivity contribution in [2.75, 3.05) is 19.6 Å². The summed E-state index contributed by atoms with van der Waals surface area (Å²) < 4.78 is 0. The number of aryl methyl sites for hydroxylation is 1. The number of carbonyl (C=O) groups is 2. The zero-order valence-corrected chi connectivity index (χ0v) is 13.5. The van der Waals surface area contributed by atoms with Crippen molar-refractivity contribution in [1.82, 2.24) is 10.2 Å². The Morgan fingerprint density at radius 2 is 1.91 bits per heavy atom. The van der Waals surface area contributed by atoms with Gasteiger partial charge in [-0.15, -0.1) is 0 Å². The predicted octanol–water partition coefficient (Wildman–Crippen LogP) is 1.17. The van der Waals surface area contributed by atoms with Crippen LogP contribution in [-0.4, -0.2) is 42.4 Å². The largest absolute Gasteiger partial charge is 0.369 e. The van der Waals surface area contributed by atoms with E-state index in [2.05, 4.69) is 22.3 Å². The summed E-state index contributed by atoms with van der Waals surface area (Å²) in [7, 11) is 0. The first-order valence-corrected chi connectivity index (χ1v) is 8.52. The predicted molar refractivity (Wildman–Crippen MR) is 88.9 cm³/mol. The summed E-state index contributed by atoms with van der Waals surface area (Å²) in [6.45, 7) is 1.95. The van der Waals surface area contributed by atoms with Crippen molar-refractivity contribution >= 4 is 11.8 Å². The summed E-state index contributed by atoms with van der Waals surface area (Å²) in [5, 5.41) is 3.22. The fourth-order valence-electron chi connectivity index (χ4n) is 3.78. The Bertz CT molecular complexity index is 579. The van der Waals surface area contributed by atoms with E-state index in [1.165, 1.54) is 11.1 Å². The van der Waals surface area contributed by atoms with E-state index in [4.69, 9.17) is 5.73 Å². The number of amides is 2. The highest BCUT2D eigenvalue weighted by molar-refractivity contribution is 5.84. The molecule has 1 aromatic carbocycles. The maximum Gasteiger partial charge on any atom is 0.231 e. The molecular weight excluding hydrogens is 290 g/mol. The second-order valence-corrected chi connectivity index (χ2v) is 6.67. The molecule has 1 atom stereocenters. The Morgan fingerprint density at radius 3 is 2.65 bits per heavy atom. The third-order valence-electron chi connectivity index (χ3n) is 5.00. The van der Waals surface area contributed by atoms with Gasteiger partial charge in [-0.1, -0.05) is 24.3 Å². The van der Waals surface area contributed by atoms with Crippen molar-refractivity contribution in [3.05, 3.63) is 35.4 Å². The highest BCUT2D eigenvalue weighted by Crippen LogP contribution is 2.31. The molecule has 0 bridgehead atoms. The van der Waals surface area contributed by atoms with Gasteiger partial charge in [0.25, 0.3) is 0 Å². The number of nitrogens with zero attached hydrogens (tertiary/aromatic N) is 1. The normalized spacial score (nSPS) is 22.3. The quantitative estimate of drug-likeness (QED) is 0.876. The first kappa shape index (κ1) is 16.0.